The molecule has 0 saturated heterocycles. The van der Waals surface area contributed by atoms with Gasteiger partial charge >= 0.3 is 11.9 Å². The van der Waals surface area contributed by atoms with Crippen LogP contribution in [-0.2, 0) is 14.3 Å². The van der Waals surface area contributed by atoms with E-state index >= 15 is 0 Å². The molecule has 0 aromatic heterocycles. The first-order valence-corrected chi connectivity index (χ1v) is 9.04. The van der Waals surface area contributed by atoms with Gasteiger partial charge in [0.15, 0.2) is 0 Å². The van der Waals surface area contributed by atoms with Crippen LogP contribution < -0.4 is 4.74 Å². The van der Waals surface area contributed by atoms with Crippen LogP contribution in [-0.4, -0.2) is 41.8 Å². The van der Waals surface area contributed by atoms with E-state index in [0.717, 1.165) is 16.9 Å². The average molecular weight is 360 g/mol. The molecule has 0 aliphatic heterocycles. The number of hydrogen-bond acceptors (Lipinski definition) is 5. The number of hydrogen-bond donors (Lipinski definition) is 1. The van der Waals surface area contributed by atoms with E-state index in [1.807, 2.05) is 54.6 Å². The molecule has 132 valence electrons. The maximum Gasteiger partial charge on any atom is 0.313 e. The van der Waals surface area contributed by atoms with Gasteiger partial charge in [-0.15, -0.1) is 11.8 Å². The van der Waals surface area contributed by atoms with E-state index in [1.165, 1.54) is 11.8 Å². The minimum atomic E-state index is -0.885. The fourth-order valence-electron chi connectivity index (χ4n) is 2.14. The van der Waals surface area contributed by atoms with E-state index in [4.69, 9.17) is 14.6 Å². The first-order valence-electron chi connectivity index (χ1n) is 7.89. The number of thioether (sulfide) groups is 1. The Labute approximate surface area is 151 Å². The van der Waals surface area contributed by atoms with Crippen molar-refractivity contribution in [1.82, 2.24) is 0 Å². The van der Waals surface area contributed by atoms with Gasteiger partial charge in [-0.3, -0.25) is 9.59 Å². The molecule has 0 saturated carbocycles. The summed E-state index contributed by atoms with van der Waals surface area (Å²) in [6.45, 7) is 0.420. The summed E-state index contributed by atoms with van der Waals surface area (Å²) < 4.78 is 10.8. The maximum atomic E-state index is 11.5. The molecule has 0 spiro atoms. The van der Waals surface area contributed by atoms with Crippen molar-refractivity contribution in [2.24, 2.45) is 0 Å². The second kappa shape index (κ2) is 10.4. The van der Waals surface area contributed by atoms with Crippen LogP contribution in [0.2, 0.25) is 0 Å². The summed E-state index contributed by atoms with van der Waals surface area (Å²) in [7, 11) is 0. The molecule has 0 aliphatic rings. The van der Waals surface area contributed by atoms with Gasteiger partial charge in [0.25, 0.3) is 0 Å². The number of para-hydroxylation sites is 1. The van der Waals surface area contributed by atoms with Gasteiger partial charge in [0.1, 0.15) is 19.0 Å². The summed E-state index contributed by atoms with van der Waals surface area (Å²) in [5.74, 6) is -0.0707. The van der Waals surface area contributed by atoms with Gasteiger partial charge in [-0.1, -0.05) is 48.5 Å². The minimum Gasteiger partial charge on any atom is -0.489 e. The normalized spacial score (nSPS) is 10.2. The Bertz CT molecular complexity index is 687. The maximum absolute atomic E-state index is 11.5. The lowest BCUT2D eigenvalue weighted by atomic mass is 10.1. The lowest BCUT2D eigenvalue weighted by Crippen LogP contribution is -2.13. The third-order valence-corrected chi connectivity index (χ3v) is 4.20. The SMILES string of the molecule is O=C(O)CSCCC(=O)OCCOc1ccccc1-c1ccccc1. The molecule has 6 heteroatoms. The van der Waals surface area contributed by atoms with Gasteiger partial charge in [0.2, 0.25) is 0 Å². The molecular formula is C19H20O5S. The summed E-state index contributed by atoms with van der Waals surface area (Å²) in [6, 6.07) is 17.6. The third-order valence-electron chi connectivity index (χ3n) is 3.25. The van der Waals surface area contributed by atoms with Gasteiger partial charge in [0, 0.05) is 11.3 Å². The lowest BCUT2D eigenvalue weighted by molar-refractivity contribution is -0.143. The molecule has 2 aromatic carbocycles. The summed E-state index contributed by atoms with van der Waals surface area (Å²) in [5, 5.41) is 8.51. The van der Waals surface area contributed by atoms with E-state index in [0.29, 0.717) is 5.75 Å². The Kier molecular flexibility index (Phi) is 7.85. The summed E-state index contributed by atoms with van der Waals surface area (Å²) in [4.78, 5) is 21.9. The number of carboxylic acids is 1. The number of esters is 1. The Morgan fingerprint density at radius 1 is 0.960 bits per heavy atom. The van der Waals surface area contributed by atoms with Crippen molar-refractivity contribution in [2.45, 2.75) is 6.42 Å². The van der Waals surface area contributed by atoms with Crippen LogP contribution in [0, 0.1) is 0 Å². The molecule has 0 heterocycles. The highest BCUT2D eigenvalue weighted by atomic mass is 32.2. The van der Waals surface area contributed by atoms with E-state index in [-0.39, 0.29) is 31.4 Å². The van der Waals surface area contributed by atoms with Crippen LogP contribution in [0.1, 0.15) is 6.42 Å². The van der Waals surface area contributed by atoms with Crippen LogP contribution in [0.4, 0.5) is 0 Å². The molecule has 0 amide bonds. The Balaban J connectivity index is 1.74. The highest BCUT2D eigenvalue weighted by molar-refractivity contribution is 7.99. The predicted octanol–water partition coefficient (Wildman–Crippen LogP) is 3.48. The topological polar surface area (TPSA) is 72.8 Å². The molecule has 5 nitrogen and oxygen atoms in total. The Morgan fingerprint density at radius 3 is 2.44 bits per heavy atom. The van der Waals surface area contributed by atoms with Crippen molar-refractivity contribution in [2.75, 3.05) is 24.7 Å². The van der Waals surface area contributed by atoms with Crippen molar-refractivity contribution >= 4 is 23.7 Å². The molecule has 0 fully saturated rings. The van der Waals surface area contributed by atoms with Crippen molar-refractivity contribution in [3.63, 3.8) is 0 Å². The second-order valence-corrected chi connectivity index (χ2v) is 6.23. The first-order chi connectivity index (χ1) is 12.2. The number of aliphatic carboxylic acids is 1. The fraction of sp³-hybridized carbons (Fsp3) is 0.263. The Morgan fingerprint density at radius 2 is 1.68 bits per heavy atom. The summed E-state index contributed by atoms with van der Waals surface area (Å²) in [6.07, 6.45) is 0.193. The van der Waals surface area contributed by atoms with Gasteiger partial charge in [-0.25, -0.2) is 0 Å². The zero-order chi connectivity index (χ0) is 17.9. The van der Waals surface area contributed by atoms with Crippen molar-refractivity contribution in [3.05, 3.63) is 54.6 Å². The van der Waals surface area contributed by atoms with Crippen LogP contribution in [0.3, 0.4) is 0 Å². The number of carbonyl (C=O) groups excluding carboxylic acids is 1. The van der Waals surface area contributed by atoms with E-state index in [2.05, 4.69) is 0 Å². The number of rotatable bonds is 10. The number of ether oxygens (including phenoxy) is 2. The lowest BCUT2D eigenvalue weighted by Gasteiger charge is -2.12. The van der Waals surface area contributed by atoms with Crippen molar-refractivity contribution in [3.8, 4) is 16.9 Å². The molecule has 0 bridgehead atoms. The monoisotopic (exact) mass is 360 g/mol. The van der Waals surface area contributed by atoms with Gasteiger partial charge in [-0.2, -0.15) is 0 Å². The molecule has 2 rings (SSSR count). The van der Waals surface area contributed by atoms with Crippen molar-refractivity contribution < 1.29 is 24.2 Å². The van der Waals surface area contributed by atoms with Crippen LogP contribution in [0.25, 0.3) is 11.1 Å². The zero-order valence-corrected chi connectivity index (χ0v) is 14.5. The standard InChI is InChI=1S/C19H20O5S/c20-18(21)14-25-13-10-19(22)24-12-11-23-17-9-5-4-8-16(17)15-6-2-1-3-7-15/h1-9H,10-14H2,(H,20,21). The Hall–Kier alpha value is -2.47. The van der Waals surface area contributed by atoms with E-state index < -0.39 is 5.97 Å². The highest BCUT2D eigenvalue weighted by Crippen LogP contribution is 2.29. The van der Waals surface area contributed by atoms with Gasteiger partial charge in [-0.05, 0) is 11.6 Å². The smallest absolute Gasteiger partial charge is 0.313 e. The number of carboxylic acid groups (broad SMARTS) is 1. The van der Waals surface area contributed by atoms with E-state index in [9.17, 15) is 9.59 Å². The molecule has 1 N–H and O–H groups in total. The van der Waals surface area contributed by atoms with E-state index in [1.54, 1.807) is 0 Å². The first kappa shape index (κ1) is 18.9. The predicted molar refractivity (Wildman–Crippen MR) is 97.9 cm³/mol. The van der Waals surface area contributed by atoms with Crippen molar-refractivity contribution in [1.29, 1.82) is 0 Å². The zero-order valence-electron chi connectivity index (χ0n) is 13.7. The largest absolute Gasteiger partial charge is 0.489 e. The van der Waals surface area contributed by atoms with Gasteiger partial charge < -0.3 is 14.6 Å². The molecule has 0 radical (unpaired) electrons. The highest BCUT2D eigenvalue weighted by Gasteiger charge is 2.07. The minimum absolute atomic E-state index is 0.00728. The fourth-order valence-corrected chi connectivity index (χ4v) is 2.77. The number of benzene rings is 2. The van der Waals surface area contributed by atoms with Crippen LogP contribution in [0.5, 0.6) is 5.75 Å². The average Bonchev–Trinajstić information content (AvgIpc) is 2.63. The molecular weight excluding hydrogens is 340 g/mol. The summed E-state index contributed by atoms with van der Waals surface area (Å²) >= 11 is 1.19. The second-order valence-electron chi connectivity index (χ2n) is 5.13. The van der Waals surface area contributed by atoms with Crippen LogP contribution in [0.15, 0.2) is 54.6 Å². The summed E-state index contributed by atoms with van der Waals surface area (Å²) in [5.41, 5.74) is 2.05. The molecule has 25 heavy (non-hydrogen) atoms. The van der Waals surface area contributed by atoms with Crippen LogP contribution >= 0.6 is 11.8 Å². The third kappa shape index (κ3) is 6.89. The molecule has 2 aromatic rings. The molecule has 0 aliphatic carbocycles. The molecule has 0 unspecified atom stereocenters. The number of carbonyl (C=O) groups is 2. The molecule has 0 atom stereocenters. The van der Waals surface area contributed by atoms with Gasteiger partial charge in [0.05, 0.1) is 12.2 Å². The quantitative estimate of drug-likeness (QED) is 0.516.